The molecule has 4 aromatic carbocycles. The molecule has 0 N–H and O–H groups in total. The molecule has 6 rings (SSSR count). The minimum Gasteiger partial charge on any atom is -0.192 e. The van der Waals surface area contributed by atoms with Crippen LogP contribution in [0.4, 0.5) is 26.3 Å². The summed E-state index contributed by atoms with van der Waals surface area (Å²) in [5.41, 5.74) is -2.08. The van der Waals surface area contributed by atoms with E-state index in [9.17, 15) is 57.9 Å². The minimum atomic E-state index is -4.82. The van der Waals surface area contributed by atoms with Crippen molar-refractivity contribution in [3.05, 3.63) is 128 Å². The molecule has 2 aliphatic carbocycles. The van der Waals surface area contributed by atoms with Crippen LogP contribution < -0.4 is 0 Å². The van der Waals surface area contributed by atoms with E-state index < -0.39 is 45.8 Å². The lowest BCUT2D eigenvalue weighted by molar-refractivity contribution is -0.138. The number of halogens is 6. The Labute approximate surface area is 279 Å². The molecular formula is C38H12F6N6. The summed E-state index contributed by atoms with van der Waals surface area (Å²) in [7, 11) is 0. The third kappa shape index (κ3) is 4.85. The van der Waals surface area contributed by atoms with Crippen molar-refractivity contribution < 1.29 is 26.3 Å². The largest absolute Gasteiger partial charge is 0.417 e. The van der Waals surface area contributed by atoms with Crippen LogP contribution in [0, 0.1) is 68.0 Å². The van der Waals surface area contributed by atoms with Gasteiger partial charge in [-0.05, 0) is 57.6 Å². The lowest BCUT2D eigenvalue weighted by Crippen LogP contribution is -2.08. The molecule has 4 aromatic rings. The molecule has 236 valence electrons. The smallest absolute Gasteiger partial charge is 0.192 e. The molecule has 0 unspecified atom stereocenters. The van der Waals surface area contributed by atoms with E-state index in [1.165, 1.54) is 12.1 Å². The lowest BCUT2D eigenvalue weighted by atomic mass is 9.83. The van der Waals surface area contributed by atoms with E-state index in [0.717, 1.165) is 36.4 Å². The molecule has 0 fully saturated rings. The summed E-state index contributed by atoms with van der Waals surface area (Å²) in [5, 5.41) is 59.7. The Morgan fingerprint density at radius 1 is 0.460 bits per heavy atom. The van der Waals surface area contributed by atoms with Crippen LogP contribution in [0.2, 0.25) is 0 Å². The third-order valence-corrected chi connectivity index (χ3v) is 8.38. The first-order valence-corrected chi connectivity index (χ1v) is 14.2. The highest BCUT2D eigenvalue weighted by Gasteiger charge is 2.43. The molecule has 50 heavy (non-hydrogen) atoms. The van der Waals surface area contributed by atoms with E-state index >= 15 is 0 Å². The molecule has 12 heteroatoms. The Bertz CT molecular complexity index is 2370. The average molecular weight is 667 g/mol. The maximum Gasteiger partial charge on any atom is 0.417 e. The Morgan fingerprint density at radius 2 is 0.800 bits per heavy atom. The summed E-state index contributed by atoms with van der Waals surface area (Å²) in [5.74, 6) is 0. The number of hydrogen-bond acceptors (Lipinski definition) is 6. The number of allylic oxidation sites excluding steroid dienone is 6. The number of hydrogen-bond donors (Lipinski definition) is 0. The standard InChI is InChI=1S/C38H12F6N6/c39-37(40,41)29-9-7-19(11-21(29)13-45)25-3-1-5-27-33(25)31(23(15-47)16-48)36-28-6-2-4-26(34(28)32(35(27)36)24(17-49)18-50)20-8-10-30(38(42,43)44)22(12-20)14-46/h1-12H. The third-order valence-electron chi connectivity index (χ3n) is 8.38. The summed E-state index contributed by atoms with van der Waals surface area (Å²) in [6.45, 7) is 0. The van der Waals surface area contributed by atoms with Gasteiger partial charge in [0.15, 0.2) is 0 Å². The van der Waals surface area contributed by atoms with Gasteiger partial charge in [-0.15, -0.1) is 0 Å². The van der Waals surface area contributed by atoms with E-state index in [1.54, 1.807) is 36.4 Å². The van der Waals surface area contributed by atoms with E-state index in [0.29, 0.717) is 11.1 Å². The molecule has 0 heterocycles. The Balaban J connectivity index is 1.70. The van der Waals surface area contributed by atoms with Gasteiger partial charge in [-0.3, -0.25) is 0 Å². The highest BCUT2D eigenvalue weighted by molar-refractivity contribution is 6.39. The predicted octanol–water partition coefficient (Wildman–Crippen LogP) is 9.34. The van der Waals surface area contributed by atoms with Crippen molar-refractivity contribution in [1.29, 1.82) is 31.6 Å². The van der Waals surface area contributed by atoms with Crippen LogP contribution in [0.15, 0.2) is 83.9 Å². The fraction of sp³-hybridized carbons (Fsp3) is 0.0526. The van der Waals surface area contributed by atoms with Gasteiger partial charge in [-0.1, -0.05) is 48.5 Å². The molecule has 0 saturated carbocycles. The maximum atomic E-state index is 13.6. The molecule has 0 aliphatic heterocycles. The topological polar surface area (TPSA) is 143 Å². The van der Waals surface area contributed by atoms with Gasteiger partial charge >= 0.3 is 12.4 Å². The fourth-order valence-corrected chi connectivity index (χ4v) is 6.46. The summed E-state index contributed by atoms with van der Waals surface area (Å²) < 4.78 is 81.8. The van der Waals surface area contributed by atoms with Crippen LogP contribution in [-0.4, -0.2) is 0 Å². The monoisotopic (exact) mass is 666 g/mol. The SMILES string of the molecule is N#CC(C#N)=C1C2=C(C(=C(C#N)C#N)c3c2cccc3-c2ccc(C(F)(F)F)c(C#N)c2)c2cccc(-c3ccc(C(F)(F)F)c(C#N)c3)c21. The number of fused-ring (bicyclic) bond motifs is 4. The zero-order chi connectivity index (χ0) is 36.1. The van der Waals surface area contributed by atoms with Crippen molar-refractivity contribution in [2.24, 2.45) is 0 Å². The molecule has 0 atom stereocenters. The quantitative estimate of drug-likeness (QED) is 0.154. The molecule has 0 amide bonds. The van der Waals surface area contributed by atoms with Gasteiger partial charge < -0.3 is 0 Å². The Hall–Kier alpha value is -7.38. The number of rotatable bonds is 2. The highest BCUT2D eigenvalue weighted by atomic mass is 19.4. The lowest BCUT2D eigenvalue weighted by Gasteiger charge is -2.19. The van der Waals surface area contributed by atoms with E-state index in [4.69, 9.17) is 0 Å². The summed E-state index contributed by atoms with van der Waals surface area (Å²) in [6, 6.07) is 25.7. The molecule has 2 aliphatic rings. The summed E-state index contributed by atoms with van der Waals surface area (Å²) >= 11 is 0. The zero-order valence-electron chi connectivity index (χ0n) is 24.9. The Morgan fingerprint density at radius 3 is 1.10 bits per heavy atom. The first-order valence-electron chi connectivity index (χ1n) is 14.2. The molecule has 0 aromatic heterocycles. The first kappa shape index (κ1) is 32.6. The second-order valence-corrected chi connectivity index (χ2v) is 10.9. The molecule has 0 spiro atoms. The van der Waals surface area contributed by atoms with Crippen molar-refractivity contribution in [2.75, 3.05) is 0 Å². The molecular weight excluding hydrogens is 654 g/mol. The number of nitrogens with zero attached hydrogens (tertiary/aromatic N) is 6. The Kier molecular flexibility index (Phi) is 7.62. The van der Waals surface area contributed by atoms with Gasteiger partial charge in [0, 0.05) is 33.4 Å². The van der Waals surface area contributed by atoms with Crippen molar-refractivity contribution in [1.82, 2.24) is 0 Å². The molecule has 6 nitrogen and oxygen atoms in total. The second kappa shape index (κ2) is 11.7. The number of alkyl halides is 6. The van der Waals surface area contributed by atoms with Gasteiger partial charge in [0.2, 0.25) is 0 Å². The van der Waals surface area contributed by atoms with Crippen LogP contribution in [0.3, 0.4) is 0 Å². The number of nitriles is 6. The maximum absolute atomic E-state index is 13.6. The zero-order valence-corrected chi connectivity index (χ0v) is 24.9. The van der Waals surface area contributed by atoms with Crippen LogP contribution in [0.25, 0.3) is 44.5 Å². The van der Waals surface area contributed by atoms with Crippen molar-refractivity contribution in [2.45, 2.75) is 12.4 Å². The predicted molar refractivity (Wildman–Crippen MR) is 166 cm³/mol. The van der Waals surface area contributed by atoms with Crippen LogP contribution in [0.5, 0.6) is 0 Å². The fourth-order valence-electron chi connectivity index (χ4n) is 6.46. The van der Waals surface area contributed by atoms with Gasteiger partial charge in [-0.25, -0.2) is 0 Å². The average Bonchev–Trinajstić information content (AvgIpc) is 3.61. The molecule has 0 saturated heterocycles. The van der Waals surface area contributed by atoms with E-state index in [-0.39, 0.29) is 55.7 Å². The second-order valence-electron chi connectivity index (χ2n) is 10.9. The minimum absolute atomic E-state index is 0.0442. The van der Waals surface area contributed by atoms with E-state index in [2.05, 4.69) is 0 Å². The van der Waals surface area contributed by atoms with Gasteiger partial charge in [0.1, 0.15) is 35.4 Å². The number of benzene rings is 4. The van der Waals surface area contributed by atoms with Crippen molar-refractivity contribution >= 4 is 22.3 Å². The van der Waals surface area contributed by atoms with Crippen LogP contribution in [-0.2, 0) is 12.4 Å². The normalized spacial score (nSPS) is 12.7. The van der Waals surface area contributed by atoms with Gasteiger partial charge in [-0.2, -0.15) is 57.9 Å². The summed E-state index contributed by atoms with van der Waals surface area (Å²) in [4.78, 5) is 0. The van der Waals surface area contributed by atoms with Crippen molar-refractivity contribution in [3.8, 4) is 58.7 Å². The molecule has 0 radical (unpaired) electrons. The summed E-state index contributed by atoms with van der Waals surface area (Å²) in [6.07, 6.45) is -9.64. The van der Waals surface area contributed by atoms with Crippen LogP contribution in [0.1, 0.15) is 44.5 Å². The first-order chi connectivity index (χ1) is 23.8. The van der Waals surface area contributed by atoms with Gasteiger partial charge in [0.05, 0.1) is 34.4 Å². The highest BCUT2D eigenvalue weighted by Crippen LogP contribution is 2.62. The van der Waals surface area contributed by atoms with Gasteiger partial charge in [0.25, 0.3) is 0 Å². The van der Waals surface area contributed by atoms with Crippen LogP contribution >= 0.6 is 0 Å². The van der Waals surface area contributed by atoms with Crippen molar-refractivity contribution in [3.63, 3.8) is 0 Å². The molecule has 0 bridgehead atoms. The van der Waals surface area contributed by atoms with E-state index in [1.807, 2.05) is 24.3 Å².